The van der Waals surface area contributed by atoms with Gasteiger partial charge in [-0.25, -0.2) is 15.0 Å². The fraction of sp³-hybridized carbons (Fsp3) is 0.204. The van der Waals surface area contributed by atoms with Gasteiger partial charge in [-0.05, 0) is 86.6 Å². The van der Waals surface area contributed by atoms with Gasteiger partial charge in [0.05, 0.1) is 16.4 Å². The summed E-state index contributed by atoms with van der Waals surface area (Å²) in [5.41, 5.74) is 7.36. The molecule has 5 nitrogen and oxygen atoms in total. The lowest BCUT2D eigenvalue weighted by molar-refractivity contribution is -0.00938. The molecule has 0 unspecified atom stereocenters. The molecule has 0 amide bonds. The van der Waals surface area contributed by atoms with Crippen molar-refractivity contribution in [3.8, 4) is 28.5 Å². The molecule has 4 bridgehead atoms. The number of fused-ring (bicyclic) bond motifs is 12. The van der Waals surface area contributed by atoms with Gasteiger partial charge in [0.1, 0.15) is 17.0 Å². The van der Waals surface area contributed by atoms with Gasteiger partial charge in [0, 0.05) is 58.6 Å². The predicted octanol–water partition coefficient (Wildman–Crippen LogP) is 13.0. The third-order valence-corrected chi connectivity index (χ3v) is 14.5. The van der Waals surface area contributed by atoms with Crippen molar-refractivity contribution in [2.24, 2.45) is 17.8 Å². The summed E-state index contributed by atoms with van der Waals surface area (Å²) in [6, 6.07) is 45.5. The fourth-order valence-electron chi connectivity index (χ4n) is 11.5. The minimum Gasteiger partial charge on any atom is -0.455 e. The average molecular weight is 729 g/mol. The standard InChI is InChI=1S/C49H36N4OS/c1-2-11-31(12-3-1)46-50-47(52-48(51-46)49-25-28-21-29(26-49)23-30(22-28)27-49)32-13-10-14-33(24-32)53-37-18-7-4-15-34(37)40-43(53)41-36-17-6-9-20-39(36)55-45(41)42-35-16-5-8-19-38(35)54-44(40)42/h1-20,24,28-30H,21-23,25-27H2. The zero-order valence-electron chi connectivity index (χ0n) is 30.2. The number of nitrogens with zero attached hydrogens (tertiary/aromatic N) is 4. The average Bonchev–Trinajstić information content (AvgIpc) is 3.90. The minimum atomic E-state index is 0.0456. The van der Waals surface area contributed by atoms with Gasteiger partial charge >= 0.3 is 0 Å². The Kier molecular flexibility index (Phi) is 6.16. The molecular formula is C49H36N4OS. The van der Waals surface area contributed by atoms with Gasteiger partial charge in [-0.1, -0.05) is 97.1 Å². The zero-order valence-corrected chi connectivity index (χ0v) is 31.0. The molecule has 4 fully saturated rings. The van der Waals surface area contributed by atoms with Gasteiger partial charge in [0.25, 0.3) is 0 Å². The first-order chi connectivity index (χ1) is 27.2. The molecule has 0 saturated heterocycles. The zero-order chi connectivity index (χ0) is 35.8. The Balaban J connectivity index is 1.09. The monoisotopic (exact) mass is 728 g/mol. The van der Waals surface area contributed by atoms with E-state index in [9.17, 15) is 0 Å². The van der Waals surface area contributed by atoms with Crippen molar-refractivity contribution >= 4 is 75.3 Å². The molecule has 0 spiro atoms. The summed E-state index contributed by atoms with van der Waals surface area (Å²) in [5, 5.41) is 7.23. The van der Waals surface area contributed by atoms with E-state index in [0.29, 0.717) is 0 Å². The molecule has 4 aromatic heterocycles. The fourth-order valence-corrected chi connectivity index (χ4v) is 12.8. The Labute approximate surface area is 321 Å². The Bertz CT molecular complexity index is 3140. The molecule has 0 N–H and O–H groups in total. The summed E-state index contributed by atoms with van der Waals surface area (Å²) in [7, 11) is 0. The van der Waals surface area contributed by atoms with Crippen LogP contribution < -0.4 is 0 Å². The number of para-hydroxylation sites is 2. The first-order valence-electron chi connectivity index (χ1n) is 19.8. The first-order valence-corrected chi connectivity index (χ1v) is 20.6. The number of aromatic nitrogens is 4. The molecule has 6 heteroatoms. The van der Waals surface area contributed by atoms with E-state index in [-0.39, 0.29) is 5.41 Å². The highest BCUT2D eigenvalue weighted by atomic mass is 32.1. The number of benzene rings is 6. The Morgan fingerprint density at radius 3 is 2.04 bits per heavy atom. The second kappa shape index (κ2) is 11.1. The summed E-state index contributed by atoms with van der Waals surface area (Å²) < 4.78 is 11.9. The number of hydrogen-bond acceptors (Lipinski definition) is 5. The van der Waals surface area contributed by atoms with E-state index < -0.39 is 0 Å². The molecule has 264 valence electrons. The third kappa shape index (κ3) is 4.32. The van der Waals surface area contributed by atoms with Crippen molar-refractivity contribution in [1.82, 2.24) is 19.5 Å². The van der Waals surface area contributed by atoms with Crippen molar-refractivity contribution in [3.63, 3.8) is 0 Å². The third-order valence-electron chi connectivity index (χ3n) is 13.3. The van der Waals surface area contributed by atoms with Crippen LogP contribution in [-0.2, 0) is 5.41 Å². The Hall–Kier alpha value is -5.85. The number of furan rings is 1. The molecule has 0 radical (unpaired) electrons. The van der Waals surface area contributed by atoms with E-state index in [4.69, 9.17) is 19.4 Å². The van der Waals surface area contributed by atoms with E-state index in [0.717, 1.165) is 79.5 Å². The largest absolute Gasteiger partial charge is 0.455 e. The molecule has 4 aliphatic rings. The highest BCUT2D eigenvalue weighted by Gasteiger charge is 2.53. The lowest BCUT2D eigenvalue weighted by Crippen LogP contribution is -2.49. The number of rotatable bonds is 4. The van der Waals surface area contributed by atoms with Crippen LogP contribution in [0.4, 0.5) is 0 Å². The van der Waals surface area contributed by atoms with Crippen LogP contribution in [-0.4, -0.2) is 19.5 Å². The Morgan fingerprint density at radius 1 is 0.582 bits per heavy atom. The normalized spacial score (nSPS) is 22.0. The van der Waals surface area contributed by atoms with Crippen molar-refractivity contribution in [2.45, 2.75) is 43.9 Å². The van der Waals surface area contributed by atoms with Gasteiger partial charge in [-0.2, -0.15) is 0 Å². The van der Waals surface area contributed by atoms with E-state index in [1.54, 1.807) is 0 Å². The van der Waals surface area contributed by atoms with Gasteiger partial charge in [0.15, 0.2) is 11.6 Å². The maximum Gasteiger partial charge on any atom is 0.163 e. The van der Waals surface area contributed by atoms with Crippen LogP contribution in [0.5, 0.6) is 0 Å². The van der Waals surface area contributed by atoms with Crippen LogP contribution in [0.25, 0.3) is 92.4 Å². The van der Waals surface area contributed by atoms with Gasteiger partial charge in [-0.3, -0.25) is 0 Å². The minimum absolute atomic E-state index is 0.0456. The summed E-state index contributed by atoms with van der Waals surface area (Å²) >= 11 is 1.86. The molecular weight excluding hydrogens is 693 g/mol. The molecule has 6 aromatic carbocycles. The van der Waals surface area contributed by atoms with Crippen molar-refractivity contribution < 1.29 is 4.42 Å². The van der Waals surface area contributed by atoms with Crippen LogP contribution >= 0.6 is 11.3 Å². The molecule has 14 rings (SSSR count). The topological polar surface area (TPSA) is 56.7 Å². The predicted molar refractivity (Wildman–Crippen MR) is 225 cm³/mol. The maximum atomic E-state index is 6.86. The van der Waals surface area contributed by atoms with Crippen molar-refractivity contribution in [3.05, 3.63) is 133 Å². The smallest absolute Gasteiger partial charge is 0.163 e. The second-order valence-corrected chi connectivity index (χ2v) is 17.7. The summed E-state index contributed by atoms with van der Waals surface area (Å²) in [6.45, 7) is 0. The van der Waals surface area contributed by atoms with Gasteiger partial charge in [-0.15, -0.1) is 11.3 Å². The molecule has 4 heterocycles. The van der Waals surface area contributed by atoms with Crippen molar-refractivity contribution in [1.29, 1.82) is 0 Å². The van der Waals surface area contributed by atoms with Crippen LogP contribution in [0.15, 0.2) is 132 Å². The van der Waals surface area contributed by atoms with E-state index in [2.05, 4.69) is 132 Å². The van der Waals surface area contributed by atoms with E-state index in [1.165, 1.54) is 75.0 Å². The van der Waals surface area contributed by atoms with Crippen LogP contribution in [0, 0.1) is 17.8 Å². The van der Waals surface area contributed by atoms with Crippen LogP contribution in [0.2, 0.25) is 0 Å². The molecule has 4 aliphatic carbocycles. The van der Waals surface area contributed by atoms with Crippen LogP contribution in [0.1, 0.15) is 44.3 Å². The Morgan fingerprint density at radius 2 is 1.24 bits per heavy atom. The lowest BCUT2D eigenvalue weighted by Gasteiger charge is -2.56. The van der Waals surface area contributed by atoms with E-state index in [1.807, 2.05) is 11.3 Å². The highest BCUT2D eigenvalue weighted by molar-refractivity contribution is 7.27. The summed E-state index contributed by atoms with van der Waals surface area (Å²) in [6.07, 6.45) is 7.78. The second-order valence-electron chi connectivity index (χ2n) is 16.6. The van der Waals surface area contributed by atoms with Gasteiger partial charge < -0.3 is 8.98 Å². The molecule has 10 aromatic rings. The van der Waals surface area contributed by atoms with E-state index >= 15 is 0 Å². The van der Waals surface area contributed by atoms with Crippen molar-refractivity contribution in [2.75, 3.05) is 0 Å². The number of thiophene rings is 1. The molecule has 55 heavy (non-hydrogen) atoms. The van der Waals surface area contributed by atoms with Gasteiger partial charge in [0.2, 0.25) is 0 Å². The maximum absolute atomic E-state index is 6.86. The highest BCUT2D eigenvalue weighted by Crippen LogP contribution is 2.60. The summed E-state index contributed by atoms with van der Waals surface area (Å²) in [4.78, 5) is 16.1. The molecule has 0 aliphatic heterocycles. The van der Waals surface area contributed by atoms with Crippen LogP contribution in [0.3, 0.4) is 0 Å². The molecule has 4 saturated carbocycles. The summed E-state index contributed by atoms with van der Waals surface area (Å²) in [5.74, 6) is 4.94. The molecule has 0 atom stereocenters. The SMILES string of the molecule is c1ccc(-c2nc(-c3cccc(-n4c5ccccc5c5c6oc7ccccc7c6c6sc7ccccc7c6c54)c3)nc(C34CC5CC(CC(C5)C3)C4)n2)cc1. The lowest BCUT2D eigenvalue weighted by atomic mass is 9.49. The number of hydrogen-bond donors (Lipinski definition) is 0. The first kappa shape index (κ1) is 30.5. The quantitative estimate of drug-likeness (QED) is 0.181.